The molecule has 2 fully saturated rings. The first-order valence-electron chi connectivity index (χ1n) is 14.8. The average Bonchev–Trinajstić information content (AvgIpc) is 2.91. The lowest BCUT2D eigenvalue weighted by Crippen LogP contribution is -2.73. The van der Waals surface area contributed by atoms with Crippen LogP contribution in [-0.2, 0) is 19.0 Å². The van der Waals surface area contributed by atoms with Crippen LogP contribution in [-0.4, -0.2) is 128 Å². The monoisotopic (exact) mass is 578 g/mol. The van der Waals surface area contributed by atoms with E-state index in [-0.39, 0.29) is 6.04 Å². The van der Waals surface area contributed by atoms with Gasteiger partial charge in [-0.05, 0) is 25.7 Å². The number of carbonyl (C=O) groups is 1. The van der Waals surface area contributed by atoms with Gasteiger partial charge in [0.15, 0.2) is 0 Å². The Bertz CT molecular complexity index is 784. The molecule has 0 radical (unpaired) electrons. The first-order valence-corrected chi connectivity index (χ1v) is 14.8. The molecule has 2 rings (SSSR count). The van der Waals surface area contributed by atoms with Crippen molar-refractivity contribution in [2.24, 2.45) is 0 Å². The fourth-order valence-corrected chi connectivity index (χ4v) is 6.35. The van der Waals surface area contributed by atoms with Gasteiger partial charge in [0.25, 0.3) is 0 Å². The van der Waals surface area contributed by atoms with Gasteiger partial charge < -0.3 is 55.5 Å². The van der Waals surface area contributed by atoms with E-state index in [1.54, 1.807) is 6.92 Å². The molecule has 0 saturated carbocycles. The molecule has 1 amide bonds. The molecule has 0 spiro atoms. The van der Waals surface area contributed by atoms with Crippen molar-refractivity contribution in [1.29, 1.82) is 0 Å². The molecule has 11 atom stereocenters. The smallest absolute Gasteiger partial charge is 0.217 e. The van der Waals surface area contributed by atoms with Crippen LogP contribution < -0.4 is 10.6 Å². The molecule has 2 heterocycles. The summed E-state index contributed by atoms with van der Waals surface area (Å²) in [6, 6.07) is -1.93. The third-order valence-electron chi connectivity index (χ3n) is 8.63. The molecule has 8 N–H and O–H groups in total. The molecule has 0 aromatic rings. The summed E-state index contributed by atoms with van der Waals surface area (Å²) >= 11 is 0. The maximum absolute atomic E-state index is 12.2. The van der Waals surface area contributed by atoms with Crippen molar-refractivity contribution < 1.29 is 49.6 Å². The zero-order valence-corrected chi connectivity index (χ0v) is 25.1. The lowest BCUT2D eigenvalue weighted by atomic mass is 9.77. The number of nitrogens with one attached hydrogen (secondary N) is 2. The molecule has 2 aliphatic rings. The van der Waals surface area contributed by atoms with Crippen LogP contribution >= 0.6 is 0 Å². The first kappa shape index (κ1) is 35.3. The van der Waals surface area contributed by atoms with E-state index < -0.39 is 91.2 Å². The van der Waals surface area contributed by atoms with Crippen molar-refractivity contribution in [1.82, 2.24) is 10.6 Å². The summed E-state index contributed by atoms with van der Waals surface area (Å²) in [5.41, 5.74) is -2.55. The quantitative estimate of drug-likeness (QED) is 0.131. The Kier molecular flexibility index (Phi) is 13.2. The summed E-state index contributed by atoms with van der Waals surface area (Å²) in [6.45, 7) is 11.5. The summed E-state index contributed by atoms with van der Waals surface area (Å²) in [5.74, 6) is -0.425. The van der Waals surface area contributed by atoms with Crippen molar-refractivity contribution in [3.63, 3.8) is 0 Å². The third-order valence-corrected chi connectivity index (χ3v) is 8.63. The Morgan fingerprint density at radius 2 is 1.45 bits per heavy atom. The van der Waals surface area contributed by atoms with Crippen LogP contribution in [0, 0.1) is 0 Å². The predicted octanol–water partition coefficient (Wildman–Crippen LogP) is -0.655. The number of carbonyl (C=O) groups excluding carboxylic acids is 1. The summed E-state index contributed by atoms with van der Waals surface area (Å²) in [4.78, 5) is 12.2. The number of rotatable bonds is 14. The van der Waals surface area contributed by atoms with E-state index in [0.29, 0.717) is 32.1 Å². The van der Waals surface area contributed by atoms with Crippen molar-refractivity contribution in [3.05, 3.63) is 0 Å². The molecule has 2 aliphatic heterocycles. The fourth-order valence-electron chi connectivity index (χ4n) is 6.35. The van der Waals surface area contributed by atoms with Crippen LogP contribution in [0.25, 0.3) is 0 Å². The number of amides is 1. The summed E-state index contributed by atoms with van der Waals surface area (Å²) in [6.07, 6.45) is -7.20. The minimum Gasteiger partial charge on any atom is -0.394 e. The van der Waals surface area contributed by atoms with E-state index in [0.717, 1.165) is 0 Å². The standard InChI is InChI=1S/C28H54N2O10/c1-8-12-27(37,9-2)25-20(30-16(7)33)23(36)24(18(14-32)39-25)40-28(10-3,11-4)26-19(29-15(5)6)22(35)21(34)17(13-31)38-26/h15,17-26,29,31-32,34-37H,8-14H2,1-7H3,(H,30,33). The second-order valence-corrected chi connectivity index (χ2v) is 11.7. The van der Waals surface area contributed by atoms with Crippen LogP contribution in [0.5, 0.6) is 0 Å². The van der Waals surface area contributed by atoms with Gasteiger partial charge in [-0.25, -0.2) is 0 Å². The Hall–Kier alpha value is -0.930. The summed E-state index contributed by atoms with van der Waals surface area (Å²) < 4.78 is 19.1. The van der Waals surface area contributed by atoms with Crippen molar-refractivity contribution in [3.8, 4) is 0 Å². The van der Waals surface area contributed by atoms with Crippen molar-refractivity contribution in [2.45, 2.75) is 159 Å². The van der Waals surface area contributed by atoms with E-state index in [4.69, 9.17) is 14.2 Å². The number of hydrogen-bond donors (Lipinski definition) is 8. The Labute approximate surface area is 238 Å². The van der Waals surface area contributed by atoms with Crippen molar-refractivity contribution >= 4 is 5.91 Å². The Balaban J connectivity index is 2.56. The van der Waals surface area contributed by atoms with Crippen LogP contribution in [0.15, 0.2) is 0 Å². The van der Waals surface area contributed by atoms with E-state index in [9.17, 15) is 35.4 Å². The average molecular weight is 579 g/mol. The van der Waals surface area contributed by atoms with Crippen LogP contribution in [0.2, 0.25) is 0 Å². The lowest BCUT2D eigenvalue weighted by molar-refractivity contribution is -0.305. The number of hydrogen-bond acceptors (Lipinski definition) is 11. The van der Waals surface area contributed by atoms with E-state index in [1.807, 2.05) is 34.6 Å². The highest BCUT2D eigenvalue weighted by Gasteiger charge is 2.58. The molecular weight excluding hydrogens is 524 g/mol. The number of aliphatic hydroxyl groups excluding tert-OH is 5. The molecule has 0 aromatic heterocycles. The van der Waals surface area contributed by atoms with Gasteiger partial charge in [-0.3, -0.25) is 4.79 Å². The minimum atomic E-state index is -1.38. The normalized spacial score (nSPS) is 36.9. The number of ether oxygens (including phenoxy) is 3. The SMILES string of the molecule is CCCC(O)(CC)C1OC(CO)C(OC(CC)(CC)C2OC(CO)C(O)C(O)C2NC(C)C)C(O)C1NC(C)=O. The lowest BCUT2D eigenvalue weighted by Gasteiger charge is -2.55. The van der Waals surface area contributed by atoms with Gasteiger partial charge in [0, 0.05) is 13.0 Å². The molecule has 0 bridgehead atoms. The molecule has 12 heteroatoms. The zero-order valence-electron chi connectivity index (χ0n) is 25.1. The number of aliphatic hydroxyl groups is 6. The minimum absolute atomic E-state index is 0.0981. The Morgan fingerprint density at radius 1 is 0.875 bits per heavy atom. The zero-order chi connectivity index (χ0) is 30.4. The van der Waals surface area contributed by atoms with Crippen molar-refractivity contribution in [2.75, 3.05) is 13.2 Å². The molecule has 40 heavy (non-hydrogen) atoms. The topological polar surface area (TPSA) is 190 Å². The molecule has 0 aromatic carbocycles. The fraction of sp³-hybridized carbons (Fsp3) is 0.964. The Morgan fingerprint density at radius 3 is 1.90 bits per heavy atom. The first-order chi connectivity index (χ1) is 18.8. The van der Waals surface area contributed by atoms with Crippen LogP contribution in [0.1, 0.15) is 80.6 Å². The van der Waals surface area contributed by atoms with Gasteiger partial charge in [-0.2, -0.15) is 0 Å². The van der Waals surface area contributed by atoms with Crippen LogP contribution in [0.3, 0.4) is 0 Å². The van der Waals surface area contributed by atoms with Gasteiger partial charge in [0.2, 0.25) is 5.91 Å². The second kappa shape index (κ2) is 15.0. The van der Waals surface area contributed by atoms with Gasteiger partial charge >= 0.3 is 0 Å². The third kappa shape index (κ3) is 7.34. The van der Waals surface area contributed by atoms with Crippen LogP contribution in [0.4, 0.5) is 0 Å². The van der Waals surface area contributed by atoms with Gasteiger partial charge in [0.05, 0.1) is 36.5 Å². The second-order valence-electron chi connectivity index (χ2n) is 11.7. The molecule has 0 aliphatic carbocycles. The molecular formula is C28H54N2O10. The van der Waals surface area contributed by atoms with E-state index in [1.165, 1.54) is 6.92 Å². The van der Waals surface area contributed by atoms with Gasteiger partial charge in [0.1, 0.15) is 48.8 Å². The predicted molar refractivity (Wildman–Crippen MR) is 148 cm³/mol. The summed E-state index contributed by atoms with van der Waals surface area (Å²) in [7, 11) is 0. The van der Waals surface area contributed by atoms with Gasteiger partial charge in [-0.15, -0.1) is 0 Å². The highest BCUT2D eigenvalue weighted by molar-refractivity contribution is 5.73. The highest BCUT2D eigenvalue weighted by atomic mass is 16.6. The van der Waals surface area contributed by atoms with E-state index >= 15 is 0 Å². The van der Waals surface area contributed by atoms with Gasteiger partial charge in [-0.1, -0.05) is 48.0 Å². The van der Waals surface area contributed by atoms with E-state index in [2.05, 4.69) is 10.6 Å². The molecule has 2 saturated heterocycles. The molecule has 12 nitrogen and oxygen atoms in total. The highest BCUT2D eigenvalue weighted by Crippen LogP contribution is 2.41. The maximum atomic E-state index is 12.2. The summed E-state index contributed by atoms with van der Waals surface area (Å²) in [5, 5.41) is 71.1. The molecule has 11 unspecified atom stereocenters. The largest absolute Gasteiger partial charge is 0.394 e. The maximum Gasteiger partial charge on any atom is 0.217 e. The molecule has 236 valence electrons.